The molecular formula is C25H27F3N4. The van der Waals surface area contributed by atoms with E-state index in [-0.39, 0.29) is 0 Å². The molecule has 3 aromatic rings. The largest absolute Gasteiger partial charge is 0.416 e. The average molecular weight is 441 g/mol. The molecule has 4 rings (SSSR count). The molecule has 32 heavy (non-hydrogen) atoms. The molecule has 0 N–H and O–H groups in total. The second-order valence-electron chi connectivity index (χ2n) is 8.25. The van der Waals surface area contributed by atoms with Crippen LogP contribution in [0.15, 0.2) is 61.4 Å². The van der Waals surface area contributed by atoms with Crippen molar-refractivity contribution in [3.8, 4) is 0 Å². The van der Waals surface area contributed by atoms with E-state index in [1.54, 1.807) is 12.3 Å². The van der Waals surface area contributed by atoms with E-state index in [1.165, 1.54) is 18.9 Å². The van der Waals surface area contributed by atoms with E-state index in [2.05, 4.69) is 23.1 Å². The van der Waals surface area contributed by atoms with Gasteiger partial charge in [-0.3, -0.25) is 0 Å². The lowest BCUT2D eigenvalue weighted by Crippen LogP contribution is -2.19. The molecule has 0 saturated heterocycles. The molecular weight excluding hydrogens is 413 g/mol. The fourth-order valence-corrected chi connectivity index (χ4v) is 3.68. The Morgan fingerprint density at radius 2 is 2.06 bits per heavy atom. The van der Waals surface area contributed by atoms with Gasteiger partial charge in [0.15, 0.2) is 5.65 Å². The van der Waals surface area contributed by atoms with Gasteiger partial charge in [-0.1, -0.05) is 38.1 Å². The Kier molecular flexibility index (Phi) is 6.35. The van der Waals surface area contributed by atoms with Gasteiger partial charge < -0.3 is 9.47 Å². The SMILES string of the molecule is C=C(c1cccc(C(F)(F)F)c1)N(/C=C\CCC)Cc1nc2cccnc2n1CC1CC1. The van der Waals surface area contributed by atoms with E-state index in [1.807, 2.05) is 29.3 Å². The number of nitrogens with zero attached hydrogens (tertiary/aromatic N) is 4. The van der Waals surface area contributed by atoms with Gasteiger partial charge >= 0.3 is 6.18 Å². The second kappa shape index (κ2) is 9.18. The second-order valence-corrected chi connectivity index (χ2v) is 8.25. The van der Waals surface area contributed by atoms with Gasteiger partial charge in [0.2, 0.25) is 0 Å². The number of fused-ring (bicyclic) bond motifs is 1. The first-order chi connectivity index (χ1) is 15.4. The highest BCUT2D eigenvalue weighted by atomic mass is 19.4. The van der Waals surface area contributed by atoms with Gasteiger partial charge in [-0.2, -0.15) is 13.2 Å². The number of unbranched alkanes of at least 4 members (excludes halogenated alkanes) is 1. The molecule has 7 heteroatoms. The number of imidazole rings is 1. The molecule has 4 nitrogen and oxygen atoms in total. The predicted molar refractivity (Wildman–Crippen MR) is 120 cm³/mol. The van der Waals surface area contributed by atoms with Crippen LogP contribution in [0.25, 0.3) is 16.9 Å². The molecule has 0 amide bonds. The van der Waals surface area contributed by atoms with Gasteiger partial charge in [0, 0.05) is 24.6 Å². The van der Waals surface area contributed by atoms with Crippen LogP contribution in [0, 0.1) is 5.92 Å². The zero-order valence-corrected chi connectivity index (χ0v) is 18.1. The number of hydrogen-bond donors (Lipinski definition) is 0. The fraction of sp³-hybridized carbons (Fsp3) is 0.360. The fourth-order valence-electron chi connectivity index (χ4n) is 3.68. The molecule has 0 bridgehead atoms. The van der Waals surface area contributed by atoms with Crippen molar-refractivity contribution in [2.75, 3.05) is 0 Å². The van der Waals surface area contributed by atoms with Crippen molar-refractivity contribution >= 4 is 16.9 Å². The molecule has 1 saturated carbocycles. The molecule has 0 aliphatic heterocycles. The van der Waals surface area contributed by atoms with Crippen LogP contribution in [0.5, 0.6) is 0 Å². The summed E-state index contributed by atoms with van der Waals surface area (Å²) < 4.78 is 41.9. The highest BCUT2D eigenvalue weighted by Gasteiger charge is 2.31. The van der Waals surface area contributed by atoms with Crippen molar-refractivity contribution in [1.29, 1.82) is 0 Å². The summed E-state index contributed by atoms with van der Waals surface area (Å²) in [6.07, 6.45) is 5.52. The van der Waals surface area contributed by atoms with Crippen LogP contribution in [0.2, 0.25) is 0 Å². The maximum absolute atomic E-state index is 13.2. The number of aromatic nitrogens is 3. The highest BCUT2D eigenvalue weighted by Crippen LogP contribution is 2.34. The Labute approximate surface area is 186 Å². The number of benzene rings is 1. The number of pyridine rings is 1. The van der Waals surface area contributed by atoms with Crippen molar-refractivity contribution in [2.45, 2.75) is 51.9 Å². The molecule has 2 heterocycles. The molecule has 168 valence electrons. The van der Waals surface area contributed by atoms with Crippen molar-refractivity contribution in [3.63, 3.8) is 0 Å². The third kappa shape index (κ3) is 5.03. The van der Waals surface area contributed by atoms with E-state index in [4.69, 9.17) is 4.98 Å². The van der Waals surface area contributed by atoms with E-state index >= 15 is 0 Å². The van der Waals surface area contributed by atoms with Crippen LogP contribution in [0.4, 0.5) is 13.2 Å². The van der Waals surface area contributed by atoms with E-state index in [0.29, 0.717) is 23.7 Å². The summed E-state index contributed by atoms with van der Waals surface area (Å²) >= 11 is 0. The van der Waals surface area contributed by atoms with Crippen LogP contribution < -0.4 is 0 Å². The minimum Gasteiger partial charge on any atom is -0.341 e. The molecule has 0 atom stereocenters. The first kappa shape index (κ1) is 22.1. The molecule has 2 aromatic heterocycles. The number of allylic oxidation sites excluding steroid dienone is 1. The summed E-state index contributed by atoms with van der Waals surface area (Å²) in [5.41, 5.74) is 1.92. The number of alkyl halides is 3. The number of rotatable bonds is 9. The minimum atomic E-state index is -4.40. The van der Waals surface area contributed by atoms with E-state index < -0.39 is 11.7 Å². The van der Waals surface area contributed by atoms with Crippen molar-refractivity contribution in [1.82, 2.24) is 19.4 Å². The van der Waals surface area contributed by atoms with Crippen LogP contribution in [-0.4, -0.2) is 19.4 Å². The lowest BCUT2D eigenvalue weighted by Gasteiger charge is -2.24. The first-order valence-corrected chi connectivity index (χ1v) is 11.0. The monoisotopic (exact) mass is 440 g/mol. The Bertz CT molecular complexity index is 1130. The third-order valence-electron chi connectivity index (χ3n) is 5.64. The summed E-state index contributed by atoms with van der Waals surface area (Å²) in [6.45, 7) is 7.47. The van der Waals surface area contributed by atoms with Gasteiger partial charge in [-0.15, -0.1) is 0 Å². The van der Waals surface area contributed by atoms with Gasteiger partial charge in [-0.25, -0.2) is 9.97 Å². The standard InChI is InChI=1S/C25H27F3N4/c1-3-4-5-14-31(18(2)20-8-6-9-21(15-20)25(26,27)28)17-23-30-22-10-7-13-29-24(22)32(23)16-19-11-12-19/h5-10,13-15,19H,2-4,11-12,16-17H2,1H3/b14-5-. The lowest BCUT2D eigenvalue weighted by molar-refractivity contribution is -0.137. The van der Waals surface area contributed by atoms with Crippen LogP contribution in [-0.2, 0) is 19.3 Å². The minimum absolute atomic E-state index is 0.401. The zero-order valence-electron chi connectivity index (χ0n) is 18.1. The maximum atomic E-state index is 13.2. The smallest absolute Gasteiger partial charge is 0.341 e. The average Bonchev–Trinajstić information content (AvgIpc) is 3.53. The predicted octanol–water partition coefficient (Wildman–Crippen LogP) is 6.65. The third-order valence-corrected chi connectivity index (χ3v) is 5.64. The van der Waals surface area contributed by atoms with Gasteiger partial charge in [0.1, 0.15) is 11.3 Å². The van der Waals surface area contributed by atoms with Crippen molar-refractivity contribution in [2.24, 2.45) is 5.92 Å². The van der Waals surface area contributed by atoms with Gasteiger partial charge in [0.05, 0.1) is 12.1 Å². The molecule has 1 aliphatic carbocycles. The van der Waals surface area contributed by atoms with Crippen molar-refractivity contribution < 1.29 is 13.2 Å². The van der Waals surface area contributed by atoms with E-state index in [0.717, 1.165) is 48.5 Å². The normalized spacial score (nSPS) is 14.4. The molecule has 1 aromatic carbocycles. The lowest BCUT2D eigenvalue weighted by atomic mass is 10.1. The number of halogens is 3. The van der Waals surface area contributed by atoms with E-state index in [9.17, 15) is 13.2 Å². The molecule has 1 fully saturated rings. The quantitative estimate of drug-likeness (QED) is 0.374. The Balaban J connectivity index is 1.68. The summed E-state index contributed by atoms with van der Waals surface area (Å²) in [7, 11) is 0. The summed E-state index contributed by atoms with van der Waals surface area (Å²) in [5, 5.41) is 0. The van der Waals surface area contributed by atoms with Crippen LogP contribution in [0.3, 0.4) is 0 Å². The van der Waals surface area contributed by atoms with Crippen LogP contribution in [0.1, 0.15) is 49.6 Å². The van der Waals surface area contributed by atoms with Gasteiger partial charge in [0.25, 0.3) is 0 Å². The Hall–Kier alpha value is -3.09. The molecule has 1 aliphatic rings. The number of hydrogen-bond acceptors (Lipinski definition) is 3. The highest BCUT2D eigenvalue weighted by molar-refractivity contribution is 5.71. The Morgan fingerprint density at radius 1 is 1.25 bits per heavy atom. The van der Waals surface area contributed by atoms with Gasteiger partial charge in [-0.05, 0) is 55.0 Å². The summed E-state index contributed by atoms with van der Waals surface area (Å²) in [4.78, 5) is 11.2. The maximum Gasteiger partial charge on any atom is 0.416 e. The molecule has 0 spiro atoms. The molecule has 0 unspecified atom stereocenters. The van der Waals surface area contributed by atoms with Crippen LogP contribution >= 0.6 is 0 Å². The summed E-state index contributed by atoms with van der Waals surface area (Å²) in [5.74, 6) is 1.46. The summed E-state index contributed by atoms with van der Waals surface area (Å²) in [6, 6.07) is 9.11. The first-order valence-electron chi connectivity index (χ1n) is 11.0. The zero-order chi connectivity index (χ0) is 22.7. The van der Waals surface area contributed by atoms with Crippen molar-refractivity contribution in [3.05, 3.63) is 78.4 Å². The molecule has 0 radical (unpaired) electrons. The Morgan fingerprint density at radius 3 is 2.78 bits per heavy atom. The topological polar surface area (TPSA) is 34.0 Å².